The van der Waals surface area contributed by atoms with E-state index in [0.29, 0.717) is 32.1 Å². The molecule has 1 aromatic carbocycles. The van der Waals surface area contributed by atoms with Crippen LogP contribution >= 0.6 is 0 Å². The molecule has 3 rings (SSSR count). The Kier molecular flexibility index (Phi) is 2.90. The molecule has 0 saturated carbocycles. The predicted molar refractivity (Wildman–Crippen MR) is 65.7 cm³/mol. The van der Waals surface area contributed by atoms with Gasteiger partial charge in [0.15, 0.2) is 11.5 Å². The summed E-state index contributed by atoms with van der Waals surface area (Å²) in [6.07, 6.45) is 2.40. The SMILES string of the molecule is NCCc1cnc(-c2ccc3c(c2)OCCO3)o1. The smallest absolute Gasteiger partial charge is 0.226 e. The average molecular weight is 246 g/mol. The normalized spacial score (nSPS) is 13.6. The van der Waals surface area contributed by atoms with E-state index in [1.807, 2.05) is 18.2 Å². The second kappa shape index (κ2) is 4.70. The number of hydrogen-bond acceptors (Lipinski definition) is 5. The summed E-state index contributed by atoms with van der Waals surface area (Å²) in [6, 6.07) is 5.66. The van der Waals surface area contributed by atoms with Crippen LogP contribution in [0.2, 0.25) is 0 Å². The van der Waals surface area contributed by atoms with Gasteiger partial charge in [-0.1, -0.05) is 0 Å². The predicted octanol–water partition coefficient (Wildman–Crippen LogP) is 1.61. The molecule has 2 heterocycles. The van der Waals surface area contributed by atoms with Gasteiger partial charge >= 0.3 is 0 Å². The highest BCUT2D eigenvalue weighted by Gasteiger charge is 2.14. The molecule has 18 heavy (non-hydrogen) atoms. The monoisotopic (exact) mass is 246 g/mol. The van der Waals surface area contributed by atoms with Crippen molar-refractivity contribution >= 4 is 0 Å². The van der Waals surface area contributed by atoms with Crippen LogP contribution in [-0.2, 0) is 6.42 Å². The van der Waals surface area contributed by atoms with Gasteiger partial charge in [0.2, 0.25) is 5.89 Å². The lowest BCUT2D eigenvalue weighted by Crippen LogP contribution is -2.15. The number of ether oxygens (including phenoxy) is 2. The van der Waals surface area contributed by atoms with Crippen molar-refractivity contribution in [3.05, 3.63) is 30.2 Å². The Hall–Kier alpha value is -2.01. The van der Waals surface area contributed by atoms with Crippen LogP contribution in [0.4, 0.5) is 0 Å². The molecule has 1 aliphatic rings. The summed E-state index contributed by atoms with van der Waals surface area (Å²) in [5, 5.41) is 0. The molecule has 2 aromatic rings. The Morgan fingerprint density at radius 3 is 2.83 bits per heavy atom. The molecule has 0 spiro atoms. The minimum absolute atomic E-state index is 0.551. The molecule has 0 radical (unpaired) electrons. The van der Waals surface area contributed by atoms with Gasteiger partial charge in [-0.2, -0.15) is 0 Å². The summed E-state index contributed by atoms with van der Waals surface area (Å²) >= 11 is 0. The third-order valence-corrected chi connectivity index (χ3v) is 2.73. The third-order valence-electron chi connectivity index (χ3n) is 2.73. The molecule has 1 aromatic heterocycles. The van der Waals surface area contributed by atoms with Crippen LogP contribution in [0.25, 0.3) is 11.5 Å². The second-order valence-electron chi connectivity index (χ2n) is 4.03. The van der Waals surface area contributed by atoms with Crippen LogP contribution < -0.4 is 15.2 Å². The van der Waals surface area contributed by atoms with Gasteiger partial charge in [-0.25, -0.2) is 4.98 Å². The van der Waals surface area contributed by atoms with Crippen LogP contribution in [0.5, 0.6) is 11.5 Å². The van der Waals surface area contributed by atoms with Crippen molar-refractivity contribution in [1.29, 1.82) is 0 Å². The molecule has 0 fully saturated rings. The van der Waals surface area contributed by atoms with Crippen molar-refractivity contribution in [1.82, 2.24) is 4.98 Å². The number of oxazole rings is 1. The van der Waals surface area contributed by atoms with E-state index < -0.39 is 0 Å². The van der Waals surface area contributed by atoms with Crippen LogP contribution in [0.1, 0.15) is 5.76 Å². The minimum Gasteiger partial charge on any atom is -0.486 e. The molecule has 0 saturated heterocycles. The fraction of sp³-hybridized carbons (Fsp3) is 0.308. The number of hydrogen-bond donors (Lipinski definition) is 1. The van der Waals surface area contributed by atoms with E-state index in [1.54, 1.807) is 6.20 Å². The van der Waals surface area contributed by atoms with E-state index in [2.05, 4.69) is 4.98 Å². The van der Waals surface area contributed by atoms with Gasteiger partial charge in [0.25, 0.3) is 0 Å². The number of rotatable bonds is 3. The minimum atomic E-state index is 0.551. The lowest BCUT2D eigenvalue weighted by molar-refractivity contribution is 0.171. The van der Waals surface area contributed by atoms with E-state index >= 15 is 0 Å². The summed E-state index contributed by atoms with van der Waals surface area (Å²) in [5.74, 6) is 2.87. The first-order chi connectivity index (χ1) is 8.86. The highest BCUT2D eigenvalue weighted by molar-refractivity contribution is 5.60. The first-order valence-electron chi connectivity index (χ1n) is 5.91. The van der Waals surface area contributed by atoms with Crippen molar-refractivity contribution in [2.24, 2.45) is 5.73 Å². The lowest BCUT2D eigenvalue weighted by Gasteiger charge is -2.18. The number of benzene rings is 1. The van der Waals surface area contributed by atoms with Crippen molar-refractivity contribution < 1.29 is 13.9 Å². The first kappa shape index (κ1) is 11.1. The summed E-state index contributed by atoms with van der Waals surface area (Å²) in [5.41, 5.74) is 6.35. The second-order valence-corrected chi connectivity index (χ2v) is 4.03. The van der Waals surface area contributed by atoms with Gasteiger partial charge in [0, 0.05) is 12.0 Å². The first-order valence-corrected chi connectivity index (χ1v) is 5.91. The van der Waals surface area contributed by atoms with Crippen molar-refractivity contribution in [2.45, 2.75) is 6.42 Å². The van der Waals surface area contributed by atoms with Crippen LogP contribution in [0.15, 0.2) is 28.8 Å². The number of nitrogens with zero attached hydrogens (tertiary/aromatic N) is 1. The lowest BCUT2D eigenvalue weighted by atomic mass is 10.2. The summed E-state index contributed by atoms with van der Waals surface area (Å²) in [6.45, 7) is 1.71. The topological polar surface area (TPSA) is 70.5 Å². The summed E-state index contributed by atoms with van der Waals surface area (Å²) in [7, 11) is 0. The number of nitrogens with two attached hydrogens (primary N) is 1. The van der Waals surface area contributed by atoms with E-state index in [1.165, 1.54) is 0 Å². The van der Waals surface area contributed by atoms with Crippen LogP contribution in [-0.4, -0.2) is 24.7 Å². The number of aromatic nitrogens is 1. The molecule has 94 valence electrons. The Balaban J connectivity index is 1.91. The van der Waals surface area contributed by atoms with Crippen molar-refractivity contribution in [3.63, 3.8) is 0 Å². The van der Waals surface area contributed by atoms with E-state index in [9.17, 15) is 0 Å². The maximum absolute atomic E-state index is 5.61. The maximum atomic E-state index is 5.61. The van der Waals surface area contributed by atoms with E-state index in [0.717, 1.165) is 22.8 Å². The maximum Gasteiger partial charge on any atom is 0.226 e. The Bertz CT molecular complexity index is 551. The zero-order valence-corrected chi connectivity index (χ0v) is 9.89. The zero-order valence-electron chi connectivity index (χ0n) is 9.89. The van der Waals surface area contributed by atoms with E-state index in [-0.39, 0.29) is 0 Å². The fourth-order valence-electron chi connectivity index (χ4n) is 1.88. The summed E-state index contributed by atoms with van der Waals surface area (Å²) < 4.78 is 16.6. The molecular formula is C13H14N2O3. The molecule has 0 unspecified atom stereocenters. The van der Waals surface area contributed by atoms with E-state index in [4.69, 9.17) is 19.6 Å². The van der Waals surface area contributed by atoms with Gasteiger partial charge < -0.3 is 19.6 Å². The molecule has 0 amide bonds. The third kappa shape index (κ3) is 2.04. The molecule has 0 atom stereocenters. The Morgan fingerprint density at radius 2 is 2.00 bits per heavy atom. The van der Waals surface area contributed by atoms with Gasteiger partial charge in [-0.05, 0) is 24.7 Å². The largest absolute Gasteiger partial charge is 0.486 e. The standard InChI is InChI=1S/C13H14N2O3/c14-4-3-10-8-15-13(18-10)9-1-2-11-12(7-9)17-6-5-16-11/h1-2,7-8H,3-6,14H2. The van der Waals surface area contributed by atoms with Crippen molar-refractivity contribution in [3.8, 4) is 23.0 Å². The van der Waals surface area contributed by atoms with Crippen molar-refractivity contribution in [2.75, 3.05) is 19.8 Å². The molecule has 2 N–H and O–H groups in total. The Morgan fingerprint density at radius 1 is 1.17 bits per heavy atom. The highest BCUT2D eigenvalue weighted by Crippen LogP contribution is 2.34. The van der Waals surface area contributed by atoms with Crippen LogP contribution in [0, 0.1) is 0 Å². The van der Waals surface area contributed by atoms with Gasteiger partial charge in [-0.15, -0.1) is 0 Å². The average Bonchev–Trinajstić information content (AvgIpc) is 2.87. The fourth-order valence-corrected chi connectivity index (χ4v) is 1.88. The van der Waals surface area contributed by atoms with Gasteiger partial charge in [-0.3, -0.25) is 0 Å². The van der Waals surface area contributed by atoms with Gasteiger partial charge in [0.05, 0.1) is 6.20 Å². The molecule has 5 heteroatoms. The highest BCUT2D eigenvalue weighted by atomic mass is 16.6. The number of fused-ring (bicyclic) bond motifs is 1. The van der Waals surface area contributed by atoms with Crippen LogP contribution in [0.3, 0.4) is 0 Å². The quantitative estimate of drug-likeness (QED) is 0.891. The van der Waals surface area contributed by atoms with Gasteiger partial charge in [0.1, 0.15) is 19.0 Å². The zero-order chi connectivity index (χ0) is 12.4. The molecule has 1 aliphatic heterocycles. The molecular weight excluding hydrogens is 232 g/mol. The molecule has 0 aliphatic carbocycles. The Labute approximate surface area is 105 Å². The molecule has 5 nitrogen and oxygen atoms in total. The summed E-state index contributed by atoms with van der Waals surface area (Å²) in [4.78, 5) is 4.24. The molecule has 0 bridgehead atoms.